The molecule has 9 nitrogen and oxygen atoms in total. The highest BCUT2D eigenvalue weighted by Gasteiger charge is 2.20. The van der Waals surface area contributed by atoms with E-state index in [0.717, 1.165) is 10.6 Å². The van der Waals surface area contributed by atoms with Crippen LogP contribution in [0.3, 0.4) is 0 Å². The van der Waals surface area contributed by atoms with Crippen LogP contribution >= 0.6 is 11.6 Å². The van der Waals surface area contributed by atoms with Gasteiger partial charge in [0.05, 0.1) is 29.8 Å². The molecule has 2 N–H and O–H groups in total. The summed E-state index contributed by atoms with van der Waals surface area (Å²) in [5, 5.41) is 3.17. The van der Waals surface area contributed by atoms with Gasteiger partial charge in [0, 0.05) is 18.9 Å². The second-order valence-electron chi connectivity index (χ2n) is 5.60. The van der Waals surface area contributed by atoms with E-state index in [0.29, 0.717) is 23.7 Å². The summed E-state index contributed by atoms with van der Waals surface area (Å²) < 4.78 is 24.9. The Bertz CT molecular complexity index is 952. The topological polar surface area (TPSA) is 114 Å². The number of hydrogen-bond acceptors (Lipinski definition) is 7. The average Bonchev–Trinajstić information content (AvgIpc) is 2.60. The number of hydroxylamine groups is 1. The number of pyridine rings is 2. The monoisotopic (exact) mass is 413 g/mol. The Labute approximate surface area is 162 Å². The fourth-order valence-corrected chi connectivity index (χ4v) is 2.70. The number of halogens is 1. The number of nitrogens with one attached hydrogen (secondary N) is 2. The van der Waals surface area contributed by atoms with Crippen LogP contribution in [0.4, 0.5) is 17.2 Å². The van der Waals surface area contributed by atoms with Gasteiger partial charge in [0.25, 0.3) is 5.91 Å². The third-order valence-corrected chi connectivity index (χ3v) is 4.88. The van der Waals surface area contributed by atoms with Crippen molar-refractivity contribution in [2.45, 2.75) is 13.8 Å². The normalized spacial score (nSPS) is 11.1. The summed E-state index contributed by atoms with van der Waals surface area (Å²) in [5.41, 5.74) is 3.78. The van der Waals surface area contributed by atoms with Crippen molar-refractivity contribution in [1.29, 1.82) is 0 Å². The molecule has 0 saturated heterocycles. The molecule has 2 aromatic heterocycles. The van der Waals surface area contributed by atoms with Crippen LogP contribution in [0.5, 0.6) is 0 Å². The van der Waals surface area contributed by atoms with Crippen molar-refractivity contribution in [3.8, 4) is 0 Å². The zero-order valence-electron chi connectivity index (χ0n) is 15.3. The lowest BCUT2D eigenvalue weighted by atomic mass is 10.2. The first-order chi connectivity index (χ1) is 12.6. The smallest absolute Gasteiger partial charge is 0.278 e. The van der Waals surface area contributed by atoms with E-state index in [1.165, 1.54) is 19.3 Å². The van der Waals surface area contributed by atoms with Gasteiger partial charge in [-0.2, -0.15) is 0 Å². The minimum atomic E-state index is -3.54. The molecule has 2 aromatic rings. The first-order valence-corrected chi connectivity index (χ1v) is 10.1. The fraction of sp³-hybridized carbons (Fsp3) is 0.312. The highest BCUT2D eigenvalue weighted by atomic mass is 35.5. The first-order valence-electron chi connectivity index (χ1n) is 7.89. The molecule has 2 heterocycles. The average molecular weight is 414 g/mol. The standard InChI is InChI=1S/C16H20ClN5O4S/c1-5-26-21-16(23)11-9-18-14(17)8-13(11)20-12-7-6-10(2)19-15(12)22(3)27(4,24)25/h6-9H,5H2,1-4H3,(H,18,20)(H,21,23). The highest BCUT2D eigenvalue weighted by molar-refractivity contribution is 7.92. The Kier molecular flexibility index (Phi) is 6.58. The van der Waals surface area contributed by atoms with Crippen LogP contribution in [0.25, 0.3) is 0 Å². The molecule has 0 saturated carbocycles. The number of carbonyl (C=O) groups is 1. The lowest BCUT2D eigenvalue weighted by Crippen LogP contribution is -2.27. The van der Waals surface area contributed by atoms with Gasteiger partial charge in [0.1, 0.15) is 5.15 Å². The summed E-state index contributed by atoms with van der Waals surface area (Å²) in [6, 6.07) is 4.83. The maximum Gasteiger partial charge on any atom is 0.278 e. The fourth-order valence-electron chi connectivity index (χ4n) is 2.09. The zero-order valence-corrected chi connectivity index (χ0v) is 16.8. The van der Waals surface area contributed by atoms with Crippen molar-refractivity contribution in [3.05, 3.63) is 40.8 Å². The minimum Gasteiger partial charge on any atom is -0.352 e. The Hall–Kier alpha value is -2.43. The third kappa shape index (κ3) is 5.28. The number of amides is 1. The number of nitrogens with zero attached hydrogens (tertiary/aromatic N) is 3. The van der Waals surface area contributed by atoms with E-state index in [1.807, 2.05) is 0 Å². The molecule has 146 valence electrons. The van der Waals surface area contributed by atoms with Gasteiger partial charge in [0.15, 0.2) is 5.82 Å². The number of rotatable bonds is 7. The van der Waals surface area contributed by atoms with Crippen molar-refractivity contribution in [1.82, 2.24) is 15.4 Å². The summed E-state index contributed by atoms with van der Waals surface area (Å²) in [7, 11) is -2.15. The van der Waals surface area contributed by atoms with E-state index in [2.05, 4.69) is 20.8 Å². The summed E-state index contributed by atoms with van der Waals surface area (Å²) in [4.78, 5) is 25.4. The second-order valence-corrected chi connectivity index (χ2v) is 8.00. The quantitative estimate of drug-likeness (QED) is 0.528. The second kappa shape index (κ2) is 8.51. The van der Waals surface area contributed by atoms with Crippen LogP contribution in [0, 0.1) is 6.92 Å². The van der Waals surface area contributed by atoms with E-state index in [4.69, 9.17) is 16.4 Å². The lowest BCUT2D eigenvalue weighted by Gasteiger charge is -2.21. The zero-order chi connectivity index (χ0) is 20.2. The maximum atomic E-state index is 12.3. The van der Waals surface area contributed by atoms with Gasteiger partial charge in [-0.3, -0.25) is 13.9 Å². The number of carbonyl (C=O) groups excluding carboxylic acids is 1. The number of aromatic nitrogens is 2. The minimum absolute atomic E-state index is 0.156. The molecule has 0 radical (unpaired) electrons. The molecule has 0 bridgehead atoms. The molecule has 1 amide bonds. The predicted octanol–water partition coefficient (Wildman–Crippen LogP) is 2.26. The predicted molar refractivity (Wildman–Crippen MR) is 104 cm³/mol. The molecule has 11 heteroatoms. The molecule has 0 fully saturated rings. The number of hydrogen-bond donors (Lipinski definition) is 2. The van der Waals surface area contributed by atoms with Crippen molar-refractivity contribution in [2.75, 3.05) is 29.5 Å². The van der Waals surface area contributed by atoms with Crippen molar-refractivity contribution < 1.29 is 18.0 Å². The van der Waals surface area contributed by atoms with Crippen molar-refractivity contribution >= 4 is 44.7 Å². The van der Waals surface area contributed by atoms with E-state index < -0.39 is 15.9 Å². The van der Waals surface area contributed by atoms with E-state index in [1.54, 1.807) is 26.0 Å². The molecule has 0 aliphatic carbocycles. The Balaban J connectivity index is 2.48. The van der Waals surface area contributed by atoms with Crippen LogP contribution in [0.2, 0.25) is 5.15 Å². The van der Waals surface area contributed by atoms with E-state index >= 15 is 0 Å². The maximum absolute atomic E-state index is 12.3. The largest absolute Gasteiger partial charge is 0.352 e. The van der Waals surface area contributed by atoms with Crippen LogP contribution in [-0.4, -0.2) is 44.2 Å². The van der Waals surface area contributed by atoms with E-state index in [-0.39, 0.29) is 16.5 Å². The Morgan fingerprint density at radius 3 is 2.67 bits per heavy atom. The number of aryl methyl sites for hydroxylation is 1. The van der Waals surface area contributed by atoms with Gasteiger partial charge >= 0.3 is 0 Å². The van der Waals surface area contributed by atoms with E-state index in [9.17, 15) is 13.2 Å². The summed E-state index contributed by atoms with van der Waals surface area (Å²) >= 11 is 5.96. The van der Waals surface area contributed by atoms with Gasteiger partial charge in [-0.25, -0.2) is 23.9 Å². The molecule has 0 aliphatic rings. The molecule has 0 atom stereocenters. The van der Waals surface area contributed by atoms with Crippen molar-refractivity contribution in [2.24, 2.45) is 0 Å². The van der Waals surface area contributed by atoms with Gasteiger partial charge in [-0.15, -0.1) is 0 Å². The molecule has 0 aromatic carbocycles. The first kappa shape index (κ1) is 20.9. The van der Waals surface area contributed by atoms with Crippen LogP contribution in [0.15, 0.2) is 24.4 Å². The molecule has 0 spiro atoms. The van der Waals surface area contributed by atoms with Crippen LogP contribution in [0.1, 0.15) is 23.0 Å². The van der Waals surface area contributed by atoms with Gasteiger partial charge in [-0.1, -0.05) is 11.6 Å². The number of sulfonamides is 1. The SMILES string of the molecule is CCONC(=O)c1cnc(Cl)cc1Nc1ccc(C)nc1N(C)S(C)(=O)=O. The van der Waals surface area contributed by atoms with Crippen molar-refractivity contribution in [3.63, 3.8) is 0 Å². The summed E-state index contributed by atoms with van der Waals surface area (Å²) in [6.45, 7) is 3.76. The third-order valence-electron chi connectivity index (χ3n) is 3.50. The molecular weight excluding hydrogens is 394 g/mol. The highest BCUT2D eigenvalue weighted by Crippen LogP contribution is 2.30. The Morgan fingerprint density at radius 2 is 2.04 bits per heavy atom. The number of anilines is 3. The molecule has 2 rings (SSSR count). The molecular formula is C16H20ClN5O4S. The lowest BCUT2D eigenvalue weighted by molar-refractivity contribution is 0.0365. The Morgan fingerprint density at radius 1 is 1.33 bits per heavy atom. The van der Waals surface area contributed by atoms with Gasteiger partial charge in [-0.05, 0) is 32.0 Å². The van der Waals surface area contributed by atoms with Gasteiger partial charge in [0.2, 0.25) is 10.0 Å². The summed E-state index contributed by atoms with van der Waals surface area (Å²) in [5.74, 6) is -0.344. The van der Waals surface area contributed by atoms with Crippen LogP contribution in [-0.2, 0) is 14.9 Å². The molecule has 27 heavy (non-hydrogen) atoms. The summed E-state index contributed by atoms with van der Waals surface area (Å²) in [6.07, 6.45) is 2.37. The molecule has 0 aliphatic heterocycles. The van der Waals surface area contributed by atoms with Crippen LogP contribution < -0.4 is 15.1 Å². The molecule has 0 unspecified atom stereocenters. The van der Waals surface area contributed by atoms with Gasteiger partial charge < -0.3 is 5.32 Å².